The molecule has 1 aliphatic rings. The molecule has 3 N–H and O–H groups in total. The Hall–Kier alpha value is -3.09. The van der Waals surface area contributed by atoms with Gasteiger partial charge in [0.2, 0.25) is 0 Å². The Labute approximate surface area is 150 Å². The molecule has 0 saturated carbocycles. The molecule has 1 aromatic heterocycles. The van der Waals surface area contributed by atoms with E-state index in [0.29, 0.717) is 5.69 Å². The molecule has 1 aliphatic carbocycles. The zero-order chi connectivity index (χ0) is 18.7. The van der Waals surface area contributed by atoms with Crippen LogP contribution in [0, 0.1) is 0 Å². The van der Waals surface area contributed by atoms with Crippen molar-refractivity contribution in [1.29, 1.82) is 0 Å². The number of aromatic carboxylic acids is 1. The van der Waals surface area contributed by atoms with Gasteiger partial charge >= 0.3 is 5.97 Å². The number of hydrogen-bond donors (Lipinski definition) is 3. The molecule has 1 amide bonds. The summed E-state index contributed by atoms with van der Waals surface area (Å²) in [5.41, 5.74) is 1.87. The number of aromatic amines is 1. The first-order valence-electron chi connectivity index (χ1n) is 8.47. The number of carboxylic acids is 1. The SMILES string of the molecule is COc1cc(C(=O)O)ccc1NC(=O)c1cc2c([nH]c1=O)CCCCC2. The van der Waals surface area contributed by atoms with Crippen molar-refractivity contribution in [2.24, 2.45) is 0 Å². The molecule has 0 aliphatic heterocycles. The van der Waals surface area contributed by atoms with Gasteiger partial charge in [0.15, 0.2) is 0 Å². The summed E-state index contributed by atoms with van der Waals surface area (Å²) in [5, 5.41) is 11.7. The highest BCUT2D eigenvalue weighted by atomic mass is 16.5. The summed E-state index contributed by atoms with van der Waals surface area (Å²) in [6.45, 7) is 0. The van der Waals surface area contributed by atoms with Gasteiger partial charge in [0.25, 0.3) is 11.5 Å². The molecular weight excluding hydrogens is 336 g/mol. The van der Waals surface area contributed by atoms with Crippen molar-refractivity contribution in [2.75, 3.05) is 12.4 Å². The van der Waals surface area contributed by atoms with Crippen LogP contribution in [0.5, 0.6) is 5.75 Å². The summed E-state index contributed by atoms with van der Waals surface area (Å²) in [5.74, 6) is -1.44. The number of carbonyl (C=O) groups excluding carboxylic acids is 1. The third-order valence-corrected chi connectivity index (χ3v) is 4.53. The normalized spacial score (nSPS) is 13.4. The lowest BCUT2D eigenvalue weighted by Gasteiger charge is -2.12. The Kier molecular flexibility index (Phi) is 5.06. The quantitative estimate of drug-likeness (QED) is 0.730. The third-order valence-electron chi connectivity index (χ3n) is 4.53. The Morgan fingerprint density at radius 3 is 2.65 bits per heavy atom. The summed E-state index contributed by atoms with van der Waals surface area (Å²) in [6.07, 6.45) is 4.82. The third kappa shape index (κ3) is 3.61. The fraction of sp³-hybridized carbons (Fsp3) is 0.316. The largest absolute Gasteiger partial charge is 0.495 e. The van der Waals surface area contributed by atoms with Crippen molar-refractivity contribution in [3.8, 4) is 5.75 Å². The van der Waals surface area contributed by atoms with Gasteiger partial charge in [-0.15, -0.1) is 0 Å². The lowest BCUT2D eigenvalue weighted by atomic mass is 10.1. The molecule has 0 saturated heterocycles. The number of carboxylic acid groups (broad SMARTS) is 1. The number of amides is 1. The zero-order valence-corrected chi connectivity index (χ0v) is 14.4. The minimum Gasteiger partial charge on any atom is -0.495 e. The second-order valence-electron chi connectivity index (χ2n) is 6.25. The molecule has 0 atom stereocenters. The lowest BCUT2D eigenvalue weighted by molar-refractivity contribution is 0.0696. The van der Waals surface area contributed by atoms with E-state index in [1.807, 2.05) is 0 Å². The Morgan fingerprint density at radius 1 is 1.15 bits per heavy atom. The Balaban J connectivity index is 1.90. The van der Waals surface area contributed by atoms with Crippen LogP contribution in [0.15, 0.2) is 29.1 Å². The first kappa shape index (κ1) is 17.7. The van der Waals surface area contributed by atoms with E-state index < -0.39 is 17.4 Å². The lowest BCUT2D eigenvalue weighted by Crippen LogP contribution is -2.25. The van der Waals surface area contributed by atoms with Crippen LogP contribution in [0.1, 0.15) is 51.2 Å². The summed E-state index contributed by atoms with van der Waals surface area (Å²) in [6, 6.07) is 5.78. The molecular formula is C19H20N2O5. The van der Waals surface area contributed by atoms with Crippen molar-refractivity contribution in [2.45, 2.75) is 32.1 Å². The summed E-state index contributed by atoms with van der Waals surface area (Å²) in [7, 11) is 1.38. The summed E-state index contributed by atoms with van der Waals surface area (Å²) >= 11 is 0. The second kappa shape index (κ2) is 7.43. The van der Waals surface area contributed by atoms with Crippen molar-refractivity contribution in [1.82, 2.24) is 4.98 Å². The van der Waals surface area contributed by atoms with Crippen molar-refractivity contribution >= 4 is 17.6 Å². The van der Waals surface area contributed by atoms with Crippen LogP contribution >= 0.6 is 0 Å². The maximum absolute atomic E-state index is 12.6. The maximum atomic E-state index is 12.6. The molecule has 7 heteroatoms. The highest BCUT2D eigenvalue weighted by molar-refractivity contribution is 6.05. The molecule has 0 unspecified atom stereocenters. The first-order valence-corrected chi connectivity index (χ1v) is 8.47. The van der Waals surface area contributed by atoms with E-state index in [1.54, 1.807) is 6.07 Å². The van der Waals surface area contributed by atoms with E-state index in [2.05, 4.69) is 10.3 Å². The molecule has 3 rings (SSSR count). The number of nitrogens with one attached hydrogen (secondary N) is 2. The van der Waals surface area contributed by atoms with Crippen molar-refractivity contribution < 1.29 is 19.4 Å². The van der Waals surface area contributed by atoms with Crippen LogP contribution in [0.25, 0.3) is 0 Å². The van der Waals surface area contributed by atoms with Crippen molar-refractivity contribution in [3.05, 3.63) is 57.0 Å². The van der Waals surface area contributed by atoms with Crippen LogP contribution in [-0.4, -0.2) is 29.1 Å². The van der Waals surface area contributed by atoms with Crippen LogP contribution < -0.4 is 15.6 Å². The van der Waals surface area contributed by atoms with E-state index in [9.17, 15) is 14.4 Å². The average molecular weight is 356 g/mol. The average Bonchev–Trinajstić information content (AvgIpc) is 2.85. The zero-order valence-electron chi connectivity index (χ0n) is 14.4. The molecule has 0 bridgehead atoms. The molecule has 2 aromatic rings. The van der Waals surface area contributed by atoms with Gasteiger partial charge in [-0.2, -0.15) is 0 Å². The first-order chi connectivity index (χ1) is 12.5. The molecule has 0 radical (unpaired) electrons. The van der Waals surface area contributed by atoms with Crippen LogP contribution in [0.3, 0.4) is 0 Å². The van der Waals surface area contributed by atoms with Gasteiger partial charge in [-0.25, -0.2) is 4.79 Å². The topological polar surface area (TPSA) is 108 Å². The number of ether oxygens (including phenoxy) is 1. The van der Waals surface area contributed by atoms with Crippen LogP contribution in [-0.2, 0) is 12.8 Å². The van der Waals surface area contributed by atoms with Gasteiger partial charge in [0.1, 0.15) is 11.3 Å². The molecule has 0 fully saturated rings. The fourth-order valence-electron chi connectivity index (χ4n) is 3.14. The van der Waals surface area contributed by atoms with Crippen LogP contribution in [0.4, 0.5) is 5.69 Å². The van der Waals surface area contributed by atoms with E-state index >= 15 is 0 Å². The smallest absolute Gasteiger partial charge is 0.335 e. The minimum absolute atomic E-state index is 0.0371. The number of H-pyrrole nitrogens is 1. The van der Waals surface area contributed by atoms with Gasteiger partial charge in [0, 0.05) is 5.69 Å². The second-order valence-corrected chi connectivity index (χ2v) is 6.25. The predicted molar refractivity (Wildman–Crippen MR) is 96.2 cm³/mol. The highest BCUT2D eigenvalue weighted by Crippen LogP contribution is 2.26. The number of pyridine rings is 1. The number of anilines is 1. The number of aryl methyl sites for hydroxylation is 2. The molecule has 136 valence electrons. The number of methoxy groups -OCH3 is 1. The molecule has 26 heavy (non-hydrogen) atoms. The van der Waals surface area contributed by atoms with E-state index in [1.165, 1.54) is 25.3 Å². The Bertz CT molecular complexity index is 917. The van der Waals surface area contributed by atoms with E-state index in [0.717, 1.165) is 43.4 Å². The van der Waals surface area contributed by atoms with Crippen molar-refractivity contribution in [3.63, 3.8) is 0 Å². The van der Waals surface area contributed by atoms with E-state index in [4.69, 9.17) is 9.84 Å². The number of hydrogen-bond acceptors (Lipinski definition) is 4. The number of aromatic nitrogens is 1. The molecule has 1 aromatic carbocycles. The number of fused-ring (bicyclic) bond motifs is 1. The molecule has 7 nitrogen and oxygen atoms in total. The predicted octanol–water partition coefficient (Wildman–Crippen LogP) is 2.60. The minimum atomic E-state index is -1.09. The Morgan fingerprint density at radius 2 is 1.92 bits per heavy atom. The standard InChI is InChI=1S/C19H20N2O5/c1-26-16-10-12(19(24)25)7-8-15(16)21-18(23)13-9-11-5-3-2-4-6-14(11)20-17(13)22/h7-10H,2-6H2,1H3,(H,20,22)(H,21,23)(H,24,25). The summed E-state index contributed by atoms with van der Waals surface area (Å²) < 4.78 is 5.15. The number of rotatable bonds is 4. The van der Waals surface area contributed by atoms with Gasteiger partial charge in [0.05, 0.1) is 18.4 Å². The molecule has 1 heterocycles. The van der Waals surface area contributed by atoms with Gasteiger partial charge in [-0.1, -0.05) is 6.42 Å². The number of carbonyl (C=O) groups is 2. The van der Waals surface area contributed by atoms with Gasteiger partial charge in [-0.05, 0) is 55.5 Å². The van der Waals surface area contributed by atoms with Gasteiger partial charge < -0.3 is 20.1 Å². The summed E-state index contributed by atoms with van der Waals surface area (Å²) in [4.78, 5) is 38.8. The number of benzene rings is 1. The monoisotopic (exact) mass is 356 g/mol. The van der Waals surface area contributed by atoms with Gasteiger partial charge in [-0.3, -0.25) is 9.59 Å². The molecule has 0 spiro atoms. The fourth-order valence-corrected chi connectivity index (χ4v) is 3.14. The maximum Gasteiger partial charge on any atom is 0.335 e. The van der Waals surface area contributed by atoms with Crippen LogP contribution in [0.2, 0.25) is 0 Å². The van der Waals surface area contributed by atoms with E-state index in [-0.39, 0.29) is 16.9 Å². The highest BCUT2D eigenvalue weighted by Gasteiger charge is 2.18.